The van der Waals surface area contributed by atoms with Crippen LogP contribution in [0, 0.1) is 18.6 Å². The third kappa shape index (κ3) is 2.88. The van der Waals surface area contributed by atoms with Gasteiger partial charge in [0.05, 0.1) is 10.2 Å². The second kappa shape index (κ2) is 5.48. The van der Waals surface area contributed by atoms with Crippen LogP contribution in [0.15, 0.2) is 40.9 Å². The molecule has 94 valence electrons. The molecule has 0 spiro atoms. The Bertz CT molecular complexity index is 570. The first-order valence-electron chi connectivity index (χ1n) is 5.51. The van der Waals surface area contributed by atoms with Gasteiger partial charge in [-0.05, 0) is 52.2 Å². The maximum absolute atomic E-state index is 13.7. The van der Waals surface area contributed by atoms with Crippen LogP contribution < -0.4 is 5.32 Å². The fourth-order valence-corrected chi connectivity index (χ4v) is 2.06. The Hall–Kier alpha value is -1.42. The average molecular weight is 312 g/mol. The SMILES string of the molecule is Cc1cccc(NCc2ccc(F)c(Br)c2)c1F. The highest BCUT2D eigenvalue weighted by atomic mass is 79.9. The summed E-state index contributed by atoms with van der Waals surface area (Å²) < 4.78 is 27.2. The molecule has 4 heteroatoms. The lowest BCUT2D eigenvalue weighted by atomic mass is 10.2. The summed E-state index contributed by atoms with van der Waals surface area (Å²) in [6, 6.07) is 9.92. The molecule has 2 aromatic rings. The summed E-state index contributed by atoms with van der Waals surface area (Å²) in [6.45, 7) is 2.16. The van der Waals surface area contributed by atoms with Crippen LogP contribution in [-0.2, 0) is 6.54 Å². The second-order valence-corrected chi connectivity index (χ2v) is 4.89. The van der Waals surface area contributed by atoms with E-state index in [4.69, 9.17) is 0 Å². The largest absolute Gasteiger partial charge is 0.379 e. The summed E-state index contributed by atoms with van der Waals surface area (Å²) >= 11 is 3.12. The van der Waals surface area contributed by atoms with Crippen LogP contribution in [0.5, 0.6) is 0 Å². The summed E-state index contributed by atoms with van der Waals surface area (Å²) in [7, 11) is 0. The molecule has 0 aromatic heterocycles. The first-order valence-corrected chi connectivity index (χ1v) is 6.30. The van der Waals surface area contributed by atoms with E-state index in [-0.39, 0.29) is 11.6 Å². The van der Waals surface area contributed by atoms with Gasteiger partial charge in [0.25, 0.3) is 0 Å². The topological polar surface area (TPSA) is 12.0 Å². The maximum atomic E-state index is 13.7. The highest BCUT2D eigenvalue weighted by Gasteiger charge is 2.05. The van der Waals surface area contributed by atoms with Gasteiger partial charge in [-0.15, -0.1) is 0 Å². The predicted molar refractivity (Wildman–Crippen MR) is 72.6 cm³/mol. The molecule has 2 rings (SSSR count). The van der Waals surface area contributed by atoms with Crippen molar-refractivity contribution in [1.82, 2.24) is 0 Å². The second-order valence-electron chi connectivity index (χ2n) is 4.04. The molecule has 0 unspecified atom stereocenters. The zero-order valence-electron chi connectivity index (χ0n) is 9.81. The number of halogens is 3. The van der Waals surface area contributed by atoms with Crippen molar-refractivity contribution in [3.05, 3.63) is 63.6 Å². The molecular formula is C14H12BrF2N. The Labute approximate surface area is 113 Å². The van der Waals surface area contributed by atoms with Crippen molar-refractivity contribution in [2.24, 2.45) is 0 Å². The Morgan fingerprint density at radius 1 is 1.17 bits per heavy atom. The Kier molecular flexibility index (Phi) is 3.97. The molecule has 0 saturated carbocycles. The van der Waals surface area contributed by atoms with E-state index in [1.54, 1.807) is 37.3 Å². The van der Waals surface area contributed by atoms with E-state index < -0.39 is 0 Å². The van der Waals surface area contributed by atoms with E-state index in [9.17, 15) is 8.78 Å². The fourth-order valence-electron chi connectivity index (χ4n) is 1.63. The van der Waals surface area contributed by atoms with Crippen molar-refractivity contribution in [3.63, 3.8) is 0 Å². The molecule has 0 heterocycles. The highest BCUT2D eigenvalue weighted by molar-refractivity contribution is 9.10. The van der Waals surface area contributed by atoms with Crippen molar-refractivity contribution in [3.8, 4) is 0 Å². The van der Waals surface area contributed by atoms with Gasteiger partial charge in [0, 0.05) is 6.54 Å². The zero-order chi connectivity index (χ0) is 13.1. The quantitative estimate of drug-likeness (QED) is 0.870. The van der Waals surface area contributed by atoms with Gasteiger partial charge in [-0.25, -0.2) is 8.78 Å². The smallest absolute Gasteiger partial charge is 0.149 e. The van der Waals surface area contributed by atoms with Gasteiger partial charge in [-0.1, -0.05) is 18.2 Å². The van der Waals surface area contributed by atoms with Crippen LogP contribution >= 0.6 is 15.9 Å². The molecule has 0 bridgehead atoms. The molecule has 0 radical (unpaired) electrons. The highest BCUT2D eigenvalue weighted by Crippen LogP contribution is 2.20. The van der Waals surface area contributed by atoms with Crippen molar-refractivity contribution in [2.45, 2.75) is 13.5 Å². The van der Waals surface area contributed by atoms with E-state index in [0.29, 0.717) is 22.3 Å². The van der Waals surface area contributed by atoms with Crippen LogP contribution in [-0.4, -0.2) is 0 Å². The summed E-state index contributed by atoms with van der Waals surface area (Å²) in [4.78, 5) is 0. The van der Waals surface area contributed by atoms with Gasteiger partial charge in [-0.3, -0.25) is 0 Å². The third-order valence-corrected chi connectivity index (χ3v) is 3.27. The maximum Gasteiger partial charge on any atom is 0.149 e. The van der Waals surface area contributed by atoms with E-state index in [1.165, 1.54) is 6.07 Å². The molecule has 0 aliphatic rings. The molecule has 1 N–H and O–H groups in total. The minimum atomic E-state index is -0.305. The molecule has 0 aliphatic carbocycles. The van der Waals surface area contributed by atoms with Crippen LogP contribution in [0.25, 0.3) is 0 Å². The minimum absolute atomic E-state index is 0.251. The fraction of sp³-hybridized carbons (Fsp3) is 0.143. The van der Waals surface area contributed by atoms with Crippen molar-refractivity contribution < 1.29 is 8.78 Å². The zero-order valence-corrected chi connectivity index (χ0v) is 11.4. The van der Waals surface area contributed by atoms with Gasteiger partial charge in [0.2, 0.25) is 0 Å². The van der Waals surface area contributed by atoms with Crippen LogP contribution in [0.3, 0.4) is 0 Å². The van der Waals surface area contributed by atoms with Gasteiger partial charge >= 0.3 is 0 Å². The van der Waals surface area contributed by atoms with Gasteiger partial charge in [0.1, 0.15) is 11.6 Å². The van der Waals surface area contributed by atoms with E-state index >= 15 is 0 Å². The van der Waals surface area contributed by atoms with Gasteiger partial charge < -0.3 is 5.32 Å². The monoisotopic (exact) mass is 311 g/mol. The van der Waals surface area contributed by atoms with Crippen molar-refractivity contribution in [2.75, 3.05) is 5.32 Å². The van der Waals surface area contributed by atoms with Crippen LogP contribution in [0.2, 0.25) is 0 Å². The molecule has 0 amide bonds. The lowest BCUT2D eigenvalue weighted by Crippen LogP contribution is -2.02. The predicted octanol–water partition coefficient (Wildman–Crippen LogP) is 4.65. The molecule has 18 heavy (non-hydrogen) atoms. The lowest BCUT2D eigenvalue weighted by molar-refractivity contribution is 0.618. The average Bonchev–Trinajstić information content (AvgIpc) is 2.35. The lowest BCUT2D eigenvalue weighted by Gasteiger charge is -2.09. The minimum Gasteiger partial charge on any atom is -0.379 e. The molecule has 0 atom stereocenters. The first kappa shape index (κ1) is 13.0. The summed E-state index contributed by atoms with van der Waals surface area (Å²) in [5.74, 6) is -0.556. The standard InChI is InChI=1S/C14H12BrF2N/c1-9-3-2-4-13(14(9)17)18-8-10-5-6-12(16)11(15)7-10/h2-7,18H,8H2,1H3. The molecule has 0 saturated heterocycles. The summed E-state index contributed by atoms with van der Waals surface area (Å²) in [5, 5.41) is 3.00. The molecule has 0 aliphatic heterocycles. The van der Waals surface area contributed by atoms with E-state index in [2.05, 4.69) is 21.2 Å². The molecular weight excluding hydrogens is 300 g/mol. The Morgan fingerprint density at radius 2 is 1.94 bits per heavy atom. The molecule has 0 fully saturated rings. The summed E-state index contributed by atoms with van der Waals surface area (Å²) in [5.41, 5.74) is 1.93. The third-order valence-electron chi connectivity index (χ3n) is 2.66. The van der Waals surface area contributed by atoms with E-state index in [0.717, 1.165) is 5.56 Å². The van der Waals surface area contributed by atoms with Gasteiger partial charge in [-0.2, -0.15) is 0 Å². The van der Waals surface area contributed by atoms with Crippen LogP contribution in [0.1, 0.15) is 11.1 Å². The number of hydrogen-bond donors (Lipinski definition) is 1. The van der Waals surface area contributed by atoms with Gasteiger partial charge in [0.15, 0.2) is 0 Å². The van der Waals surface area contributed by atoms with Crippen LogP contribution in [0.4, 0.5) is 14.5 Å². The number of anilines is 1. The normalized spacial score (nSPS) is 10.4. The number of benzene rings is 2. The Balaban J connectivity index is 2.11. The number of hydrogen-bond acceptors (Lipinski definition) is 1. The summed E-state index contributed by atoms with van der Waals surface area (Å²) in [6.07, 6.45) is 0. The molecule has 2 aromatic carbocycles. The molecule has 1 nitrogen and oxygen atoms in total. The number of rotatable bonds is 3. The van der Waals surface area contributed by atoms with E-state index in [1.807, 2.05) is 0 Å². The first-order chi connectivity index (χ1) is 8.58. The number of aryl methyl sites for hydroxylation is 1. The number of nitrogens with one attached hydrogen (secondary N) is 1. The van der Waals surface area contributed by atoms with Crippen molar-refractivity contribution >= 4 is 21.6 Å². The Morgan fingerprint density at radius 3 is 2.67 bits per heavy atom. The van der Waals surface area contributed by atoms with Crippen molar-refractivity contribution in [1.29, 1.82) is 0 Å².